The number of nitrogens with one attached hydrogen (secondary N) is 1. The summed E-state index contributed by atoms with van der Waals surface area (Å²) in [5.41, 5.74) is 1.67. The minimum absolute atomic E-state index is 0.120. The van der Waals surface area contributed by atoms with Crippen LogP contribution in [0.2, 0.25) is 5.02 Å². The van der Waals surface area contributed by atoms with Crippen LogP contribution in [-0.2, 0) is 21.4 Å². The first kappa shape index (κ1) is 20.4. The van der Waals surface area contributed by atoms with E-state index in [0.29, 0.717) is 36.1 Å². The van der Waals surface area contributed by atoms with Crippen LogP contribution in [0.25, 0.3) is 11.3 Å². The fourth-order valence-corrected chi connectivity index (χ4v) is 6.54. The predicted molar refractivity (Wildman–Crippen MR) is 119 cm³/mol. The van der Waals surface area contributed by atoms with Crippen LogP contribution < -0.4 is 10.1 Å². The third-order valence-electron chi connectivity index (χ3n) is 5.35. The molecule has 31 heavy (non-hydrogen) atoms. The number of hydrogen-bond acceptors (Lipinski definition) is 6. The normalized spacial score (nSPS) is 18.2. The number of carbonyl (C=O) groups is 1. The number of halogens is 1. The molecule has 1 N–H and O–H groups in total. The predicted octanol–water partition coefficient (Wildman–Crippen LogP) is 4.15. The first-order chi connectivity index (χ1) is 14.9. The average molecular weight is 476 g/mol. The van der Waals surface area contributed by atoms with Crippen LogP contribution in [0.5, 0.6) is 5.75 Å². The van der Waals surface area contributed by atoms with Gasteiger partial charge in [0.15, 0.2) is 5.13 Å². The van der Waals surface area contributed by atoms with E-state index in [1.165, 1.54) is 39.9 Å². The number of ether oxygens (including phenoxy) is 1. The van der Waals surface area contributed by atoms with Crippen molar-refractivity contribution < 1.29 is 17.9 Å². The van der Waals surface area contributed by atoms with Crippen molar-refractivity contribution in [2.24, 2.45) is 0 Å². The Kier molecular flexibility index (Phi) is 5.21. The molecule has 2 aliphatic heterocycles. The van der Waals surface area contributed by atoms with Gasteiger partial charge in [-0.1, -0.05) is 35.1 Å². The first-order valence-electron chi connectivity index (χ1n) is 9.74. The molecular formula is C21H18ClN3O4S2. The van der Waals surface area contributed by atoms with E-state index >= 15 is 0 Å². The summed E-state index contributed by atoms with van der Waals surface area (Å²) in [6, 6.07) is 12.8. The second kappa shape index (κ2) is 7.90. The van der Waals surface area contributed by atoms with Crippen molar-refractivity contribution in [3.05, 3.63) is 58.4 Å². The van der Waals surface area contributed by atoms with Gasteiger partial charge in [-0.3, -0.25) is 4.79 Å². The van der Waals surface area contributed by atoms with Crippen LogP contribution in [0, 0.1) is 0 Å². The fraction of sp³-hybridized carbons (Fsp3) is 0.238. The van der Waals surface area contributed by atoms with E-state index in [9.17, 15) is 13.2 Å². The summed E-state index contributed by atoms with van der Waals surface area (Å²) >= 11 is 7.22. The maximum absolute atomic E-state index is 13.1. The van der Waals surface area contributed by atoms with Crippen LogP contribution in [0.3, 0.4) is 0 Å². The molecule has 3 aromatic rings. The number of fused-ring (bicyclic) bond motifs is 3. The lowest BCUT2D eigenvalue weighted by molar-refractivity contribution is -0.119. The van der Waals surface area contributed by atoms with E-state index in [1.54, 1.807) is 0 Å². The molecule has 0 aliphatic carbocycles. The molecule has 0 spiro atoms. The maximum atomic E-state index is 13.1. The Morgan fingerprint density at radius 1 is 1.19 bits per heavy atom. The average Bonchev–Trinajstić information content (AvgIpc) is 3.41. The quantitative estimate of drug-likeness (QED) is 0.612. The smallest absolute Gasteiger partial charge is 0.244 e. The van der Waals surface area contributed by atoms with Crippen LogP contribution in [0.1, 0.15) is 17.7 Å². The van der Waals surface area contributed by atoms with E-state index in [0.717, 1.165) is 21.9 Å². The molecule has 10 heteroatoms. The molecular weight excluding hydrogens is 458 g/mol. The number of carbonyl (C=O) groups excluding carboxylic acids is 1. The second-order valence-electron chi connectivity index (χ2n) is 7.29. The lowest BCUT2D eigenvalue weighted by atomic mass is 10.1. The van der Waals surface area contributed by atoms with Gasteiger partial charge >= 0.3 is 0 Å². The van der Waals surface area contributed by atoms with Crippen molar-refractivity contribution in [3.8, 4) is 17.0 Å². The topological polar surface area (TPSA) is 88.6 Å². The number of hydrogen-bond donors (Lipinski definition) is 1. The van der Waals surface area contributed by atoms with Crippen LogP contribution in [0.4, 0.5) is 5.13 Å². The van der Waals surface area contributed by atoms with E-state index in [1.807, 2.05) is 24.3 Å². The molecule has 1 saturated heterocycles. The first-order valence-corrected chi connectivity index (χ1v) is 12.4. The van der Waals surface area contributed by atoms with Gasteiger partial charge in [0, 0.05) is 17.1 Å². The third kappa shape index (κ3) is 3.71. The summed E-state index contributed by atoms with van der Waals surface area (Å²) < 4.78 is 33.2. The molecule has 2 aliphatic rings. The molecule has 1 amide bonds. The lowest BCUT2D eigenvalue weighted by Crippen LogP contribution is -2.43. The number of sulfonamides is 1. The highest BCUT2D eigenvalue weighted by atomic mass is 35.5. The summed E-state index contributed by atoms with van der Waals surface area (Å²) in [6.45, 7) is 0.680. The van der Waals surface area contributed by atoms with E-state index in [2.05, 4.69) is 10.3 Å². The van der Waals surface area contributed by atoms with Gasteiger partial charge in [-0.2, -0.15) is 4.31 Å². The minimum atomic E-state index is -3.81. The van der Waals surface area contributed by atoms with E-state index < -0.39 is 16.1 Å². The van der Waals surface area contributed by atoms with Gasteiger partial charge in [0.1, 0.15) is 18.4 Å². The Morgan fingerprint density at radius 3 is 2.77 bits per heavy atom. The van der Waals surface area contributed by atoms with Crippen molar-refractivity contribution in [3.63, 3.8) is 0 Å². The van der Waals surface area contributed by atoms with Gasteiger partial charge < -0.3 is 10.1 Å². The minimum Gasteiger partial charge on any atom is -0.487 e. The second-order valence-corrected chi connectivity index (χ2v) is 10.7. The van der Waals surface area contributed by atoms with Crippen molar-refractivity contribution >= 4 is 44.0 Å². The molecule has 3 heterocycles. The summed E-state index contributed by atoms with van der Waals surface area (Å²) in [6.07, 6.45) is 1.07. The Hall–Kier alpha value is -2.46. The molecule has 1 fully saturated rings. The zero-order chi connectivity index (χ0) is 21.6. The van der Waals surface area contributed by atoms with Crippen LogP contribution in [0.15, 0.2) is 53.4 Å². The summed E-state index contributed by atoms with van der Waals surface area (Å²) in [7, 11) is -3.81. The molecule has 0 unspecified atom stereocenters. The van der Waals surface area contributed by atoms with Gasteiger partial charge in [-0.15, -0.1) is 0 Å². The SMILES string of the molecule is O=C(Nc1nc2c(s1)COc1ccccc1-2)[C@H]1CCCN1S(=O)(=O)c1ccc(Cl)cc1. The largest absolute Gasteiger partial charge is 0.487 e. The number of aromatic nitrogens is 1. The molecule has 0 bridgehead atoms. The number of anilines is 1. The highest BCUT2D eigenvalue weighted by Gasteiger charge is 2.39. The molecule has 2 aromatic carbocycles. The zero-order valence-corrected chi connectivity index (χ0v) is 18.6. The van der Waals surface area contributed by atoms with Crippen molar-refractivity contribution in [2.45, 2.75) is 30.4 Å². The summed E-state index contributed by atoms with van der Waals surface area (Å²) in [5, 5.41) is 3.71. The van der Waals surface area contributed by atoms with Gasteiger partial charge in [-0.25, -0.2) is 13.4 Å². The summed E-state index contributed by atoms with van der Waals surface area (Å²) in [4.78, 5) is 18.6. The maximum Gasteiger partial charge on any atom is 0.244 e. The Morgan fingerprint density at radius 2 is 1.97 bits per heavy atom. The van der Waals surface area contributed by atoms with Gasteiger partial charge in [0.2, 0.25) is 15.9 Å². The number of para-hydroxylation sites is 1. The molecule has 160 valence electrons. The molecule has 0 saturated carbocycles. The number of rotatable bonds is 4. The van der Waals surface area contributed by atoms with E-state index in [-0.39, 0.29) is 10.8 Å². The summed E-state index contributed by atoms with van der Waals surface area (Å²) in [5.74, 6) is 0.379. The highest BCUT2D eigenvalue weighted by Crippen LogP contribution is 2.41. The molecule has 1 atom stereocenters. The van der Waals surface area contributed by atoms with Crippen molar-refractivity contribution in [1.29, 1.82) is 0 Å². The molecule has 1 aromatic heterocycles. The van der Waals surface area contributed by atoms with Crippen LogP contribution in [-0.4, -0.2) is 36.2 Å². The van der Waals surface area contributed by atoms with Gasteiger partial charge in [0.25, 0.3) is 0 Å². The van der Waals surface area contributed by atoms with E-state index in [4.69, 9.17) is 16.3 Å². The molecule has 0 radical (unpaired) electrons. The molecule has 7 nitrogen and oxygen atoms in total. The highest BCUT2D eigenvalue weighted by molar-refractivity contribution is 7.89. The standard InChI is InChI=1S/C21H18ClN3O4S2/c22-13-7-9-14(10-8-13)31(27,28)25-11-3-5-16(25)20(26)24-21-23-19-15-4-1-2-6-17(15)29-12-18(19)30-21/h1-2,4,6-10,16H,3,5,11-12H2,(H,23,24,26)/t16-/m1/s1. The number of benzene rings is 2. The number of nitrogens with zero attached hydrogens (tertiary/aromatic N) is 2. The Labute approximate surface area is 188 Å². The van der Waals surface area contributed by atoms with Crippen LogP contribution >= 0.6 is 22.9 Å². The third-order valence-corrected chi connectivity index (χ3v) is 8.47. The zero-order valence-electron chi connectivity index (χ0n) is 16.2. The van der Waals surface area contributed by atoms with Crippen molar-refractivity contribution in [2.75, 3.05) is 11.9 Å². The van der Waals surface area contributed by atoms with Gasteiger partial charge in [-0.05, 0) is 49.2 Å². The fourth-order valence-electron chi connectivity index (χ4n) is 3.87. The lowest BCUT2D eigenvalue weighted by Gasteiger charge is -2.23. The van der Waals surface area contributed by atoms with Crippen molar-refractivity contribution in [1.82, 2.24) is 9.29 Å². The Balaban J connectivity index is 1.37. The number of thiazole rings is 1. The van der Waals surface area contributed by atoms with Gasteiger partial charge in [0.05, 0.1) is 15.5 Å². The number of amides is 1. The molecule has 5 rings (SSSR count). The Bertz CT molecular complexity index is 1260. The monoisotopic (exact) mass is 475 g/mol.